The Hall–Kier alpha value is -2.03. The predicted molar refractivity (Wildman–Crippen MR) is 90.8 cm³/mol. The number of halogens is 1. The topological polar surface area (TPSA) is 113 Å². The van der Waals surface area contributed by atoms with E-state index in [1.54, 1.807) is 6.92 Å². The molecule has 2 N–H and O–H groups in total. The molecule has 2 fully saturated rings. The summed E-state index contributed by atoms with van der Waals surface area (Å²) in [5, 5.41) is 22.2. The monoisotopic (exact) mass is 369 g/mol. The Morgan fingerprint density at radius 1 is 1.36 bits per heavy atom. The maximum absolute atomic E-state index is 14.3. The summed E-state index contributed by atoms with van der Waals surface area (Å²) in [5.74, 6) is -1.46. The van der Waals surface area contributed by atoms with E-state index in [2.05, 4.69) is 5.32 Å². The van der Waals surface area contributed by atoms with Crippen LogP contribution in [0, 0.1) is 27.3 Å². The van der Waals surface area contributed by atoms with E-state index in [9.17, 15) is 22.9 Å². The summed E-state index contributed by atoms with van der Waals surface area (Å²) in [4.78, 5) is 10.3. The molecule has 7 nitrogen and oxygen atoms in total. The molecule has 1 aliphatic heterocycles. The van der Waals surface area contributed by atoms with Gasteiger partial charge in [0, 0.05) is 17.7 Å². The van der Waals surface area contributed by atoms with Crippen LogP contribution >= 0.6 is 0 Å². The second-order valence-electron chi connectivity index (χ2n) is 7.25. The fourth-order valence-electron chi connectivity index (χ4n) is 3.73. The molecule has 2 atom stereocenters. The molecule has 1 heterocycles. The average molecular weight is 369 g/mol. The summed E-state index contributed by atoms with van der Waals surface area (Å²) in [6.07, 6.45) is 2.41. The second-order valence-corrected chi connectivity index (χ2v) is 9.61. The molecule has 9 heteroatoms. The van der Waals surface area contributed by atoms with Crippen LogP contribution in [0.5, 0.6) is 0 Å². The summed E-state index contributed by atoms with van der Waals surface area (Å²) in [6.45, 7) is 3.01. The van der Waals surface area contributed by atoms with Gasteiger partial charge in [-0.2, -0.15) is 0 Å². The molecule has 0 radical (unpaired) electrons. The number of nitro benzene ring substituents is 1. The van der Waals surface area contributed by atoms with Crippen LogP contribution in [0.2, 0.25) is 0 Å². The second kappa shape index (κ2) is 5.48. The van der Waals surface area contributed by atoms with Gasteiger partial charge < -0.3 is 5.32 Å². The van der Waals surface area contributed by atoms with Crippen LogP contribution in [-0.2, 0) is 15.4 Å². The Bertz CT molecular complexity index is 868. The van der Waals surface area contributed by atoms with Gasteiger partial charge in [-0.1, -0.05) is 6.42 Å². The van der Waals surface area contributed by atoms with Crippen molar-refractivity contribution in [2.75, 3.05) is 5.75 Å². The molecule has 0 amide bonds. The molecule has 3 rings (SSSR count). The fraction of sp³-hybridized carbons (Fsp3) is 0.562. The van der Waals surface area contributed by atoms with Crippen molar-refractivity contribution in [1.29, 1.82) is 5.41 Å². The lowest BCUT2D eigenvalue weighted by Gasteiger charge is -2.50. The zero-order valence-electron chi connectivity index (χ0n) is 14.0. The van der Waals surface area contributed by atoms with E-state index < -0.39 is 36.6 Å². The van der Waals surface area contributed by atoms with E-state index >= 15 is 0 Å². The quantitative estimate of drug-likeness (QED) is 0.628. The summed E-state index contributed by atoms with van der Waals surface area (Å²) in [7, 11) is -3.76. The number of nitrogens with zero attached hydrogens (tertiary/aromatic N) is 1. The Morgan fingerprint density at radius 3 is 2.48 bits per heavy atom. The van der Waals surface area contributed by atoms with Crippen molar-refractivity contribution in [3.05, 3.63) is 39.7 Å². The van der Waals surface area contributed by atoms with Gasteiger partial charge in [0.2, 0.25) is 0 Å². The molecule has 1 aromatic rings. The molecule has 2 aliphatic rings. The average Bonchev–Trinajstić information content (AvgIpc) is 2.42. The highest BCUT2D eigenvalue weighted by Crippen LogP contribution is 2.46. The van der Waals surface area contributed by atoms with Crippen LogP contribution < -0.4 is 5.32 Å². The molecule has 1 aromatic carbocycles. The van der Waals surface area contributed by atoms with E-state index in [1.165, 1.54) is 6.92 Å². The first-order valence-electron chi connectivity index (χ1n) is 8.05. The largest absolute Gasteiger partial charge is 0.362 e. The minimum atomic E-state index is -3.76. The van der Waals surface area contributed by atoms with Crippen LogP contribution in [-0.4, -0.2) is 29.7 Å². The van der Waals surface area contributed by atoms with Gasteiger partial charge in [0.15, 0.2) is 9.84 Å². The van der Waals surface area contributed by atoms with Crippen molar-refractivity contribution < 1.29 is 17.7 Å². The van der Waals surface area contributed by atoms with Crippen LogP contribution in [0.1, 0.15) is 38.7 Å². The Balaban J connectivity index is 2.07. The maximum atomic E-state index is 14.3. The van der Waals surface area contributed by atoms with Crippen molar-refractivity contribution in [2.45, 2.75) is 43.4 Å². The summed E-state index contributed by atoms with van der Waals surface area (Å²) >= 11 is 0. The zero-order valence-corrected chi connectivity index (χ0v) is 14.8. The standard InChI is InChI=1S/C16H20FN3O4S/c1-15(12-8-11(20(21)22)6-7-13(12)17)9-25(23,24)16(2,14(18)19-15)10-4-3-5-10/h6-8,10H,3-5,9H2,1-2H3,(H2,18,19)/t15-,16+/m0/s1. The first-order valence-corrected chi connectivity index (χ1v) is 9.70. The lowest BCUT2D eigenvalue weighted by molar-refractivity contribution is -0.385. The van der Waals surface area contributed by atoms with Crippen molar-refractivity contribution in [3.8, 4) is 0 Å². The van der Waals surface area contributed by atoms with E-state index in [1.807, 2.05) is 0 Å². The minimum absolute atomic E-state index is 0.120. The van der Waals surface area contributed by atoms with E-state index in [0.29, 0.717) is 0 Å². The molecule has 0 unspecified atom stereocenters. The summed E-state index contributed by atoms with van der Waals surface area (Å²) < 4.78 is 39.1. The summed E-state index contributed by atoms with van der Waals surface area (Å²) in [6, 6.07) is 3.02. The molecular weight excluding hydrogens is 349 g/mol. The van der Waals surface area contributed by atoms with Crippen molar-refractivity contribution >= 4 is 21.4 Å². The number of amidine groups is 1. The SMILES string of the molecule is C[C@@]1(C2CCC2)C(=N)N[C@](C)(c2cc([N+](=O)[O-])ccc2F)CS1(=O)=O. The van der Waals surface area contributed by atoms with Gasteiger partial charge in [0.05, 0.1) is 16.2 Å². The highest BCUT2D eigenvalue weighted by molar-refractivity contribution is 7.93. The van der Waals surface area contributed by atoms with Gasteiger partial charge in [0.1, 0.15) is 16.4 Å². The Morgan fingerprint density at radius 2 is 2.00 bits per heavy atom. The highest BCUT2D eigenvalue weighted by atomic mass is 32.2. The third kappa shape index (κ3) is 2.52. The maximum Gasteiger partial charge on any atom is 0.269 e. The zero-order chi connectivity index (χ0) is 18.6. The molecule has 1 saturated carbocycles. The molecular formula is C16H20FN3O4S. The predicted octanol–water partition coefficient (Wildman–Crippen LogP) is 2.50. The number of hydrogen-bond acceptors (Lipinski definition) is 5. The number of sulfone groups is 1. The molecule has 1 aliphatic carbocycles. The van der Waals surface area contributed by atoms with Gasteiger partial charge in [-0.15, -0.1) is 0 Å². The van der Waals surface area contributed by atoms with E-state index in [4.69, 9.17) is 5.41 Å². The molecule has 25 heavy (non-hydrogen) atoms. The highest BCUT2D eigenvalue weighted by Gasteiger charge is 2.58. The number of hydrogen-bond donors (Lipinski definition) is 2. The van der Waals surface area contributed by atoms with E-state index in [-0.39, 0.29) is 23.0 Å². The molecule has 0 spiro atoms. The lowest BCUT2D eigenvalue weighted by atomic mass is 9.74. The Labute approximate surface area is 145 Å². The number of nitro groups is 1. The van der Waals surface area contributed by atoms with Crippen LogP contribution in [0.4, 0.5) is 10.1 Å². The van der Waals surface area contributed by atoms with Gasteiger partial charge in [-0.05, 0) is 38.7 Å². The third-order valence-corrected chi connectivity index (χ3v) is 8.45. The number of nitrogens with one attached hydrogen (secondary N) is 2. The normalized spacial score (nSPS) is 31.9. The van der Waals surface area contributed by atoms with Crippen molar-refractivity contribution in [1.82, 2.24) is 5.32 Å². The number of non-ortho nitro benzene ring substituents is 1. The molecule has 0 aromatic heterocycles. The van der Waals surface area contributed by atoms with Gasteiger partial charge >= 0.3 is 0 Å². The number of benzene rings is 1. The van der Waals surface area contributed by atoms with Gasteiger partial charge in [0.25, 0.3) is 5.69 Å². The minimum Gasteiger partial charge on any atom is -0.362 e. The van der Waals surface area contributed by atoms with Crippen molar-refractivity contribution in [3.63, 3.8) is 0 Å². The smallest absolute Gasteiger partial charge is 0.269 e. The molecule has 0 bridgehead atoms. The lowest BCUT2D eigenvalue weighted by Crippen LogP contribution is -2.68. The van der Waals surface area contributed by atoms with Crippen molar-refractivity contribution in [2.24, 2.45) is 5.92 Å². The third-order valence-electron chi connectivity index (χ3n) is 5.66. The molecule has 1 saturated heterocycles. The molecule has 136 valence electrons. The van der Waals surface area contributed by atoms with Crippen LogP contribution in [0.15, 0.2) is 18.2 Å². The fourth-order valence-corrected chi connectivity index (χ4v) is 6.13. The van der Waals surface area contributed by atoms with Crippen LogP contribution in [0.3, 0.4) is 0 Å². The first-order chi connectivity index (χ1) is 11.5. The first kappa shape index (κ1) is 17.8. The Kier molecular flexibility index (Phi) is 3.90. The van der Waals surface area contributed by atoms with E-state index in [0.717, 1.165) is 37.5 Å². The van der Waals surface area contributed by atoms with Crippen LogP contribution in [0.25, 0.3) is 0 Å². The number of rotatable bonds is 3. The van der Waals surface area contributed by atoms with Gasteiger partial charge in [-0.25, -0.2) is 12.8 Å². The summed E-state index contributed by atoms with van der Waals surface area (Å²) in [5.41, 5.74) is -1.88. The van der Waals surface area contributed by atoms with Gasteiger partial charge in [-0.3, -0.25) is 15.5 Å².